The molecule has 0 unspecified atom stereocenters. The predicted octanol–water partition coefficient (Wildman–Crippen LogP) is 8.80. The van der Waals surface area contributed by atoms with E-state index in [1.165, 1.54) is 21.2 Å². The molecule has 0 aliphatic rings. The van der Waals surface area contributed by atoms with Gasteiger partial charge in [-0.1, -0.05) is 100 Å². The Balaban J connectivity index is 1.72. The van der Waals surface area contributed by atoms with Gasteiger partial charge in [-0.3, -0.25) is 0 Å². The molecule has 4 rings (SSSR count). The number of ether oxygens (including phenoxy) is 4. The van der Waals surface area contributed by atoms with E-state index in [-0.39, 0.29) is 0 Å². The Morgan fingerprint density at radius 1 is 0.378 bits per heavy atom. The SMILES string of the molecule is CCCOc1ccccc1P(CCCP(c1ccccc1OCCC)c1ccccc1OCCC)c1ccccc1OCCC. The summed E-state index contributed by atoms with van der Waals surface area (Å²) in [5.41, 5.74) is 0. The summed E-state index contributed by atoms with van der Waals surface area (Å²) < 4.78 is 25.3. The summed E-state index contributed by atoms with van der Waals surface area (Å²) in [7, 11) is -1.46. The van der Waals surface area contributed by atoms with Crippen molar-refractivity contribution in [2.24, 2.45) is 0 Å². The van der Waals surface area contributed by atoms with Gasteiger partial charge in [0, 0.05) is 21.2 Å². The lowest BCUT2D eigenvalue weighted by Crippen LogP contribution is -2.22. The van der Waals surface area contributed by atoms with Crippen molar-refractivity contribution >= 4 is 37.1 Å². The predicted molar refractivity (Wildman–Crippen MR) is 196 cm³/mol. The highest BCUT2D eigenvalue weighted by Crippen LogP contribution is 2.45. The lowest BCUT2D eigenvalue weighted by atomic mass is 10.3. The van der Waals surface area contributed by atoms with E-state index in [2.05, 4.69) is 125 Å². The molecule has 4 aromatic rings. The molecule has 0 N–H and O–H groups in total. The van der Waals surface area contributed by atoms with Gasteiger partial charge < -0.3 is 18.9 Å². The second-order valence-corrected chi connectivity index (χ2v) is 15.5. The molecule has 45 heavy (non-hydrogen) atoms. The molecule has 0 aliphatic heterocycles. The Bertz CT molecular complexity index is 1220. The summed E-state index contributed by atoms with van der Waals surface area (Å²) in [6, 6.07) is 34.5. The molecule has 0 saturated heterocycles. The van der Waals surface area contributed by atoms with Crippen LogP contribution < -0.4 is 40.2 Å². The Morgan fingerprint density at radius 3 is 0.867 bits per heavy atom. The van der Waals surface area contributed by atoms with Gasteiger partial charge >= 0.3 is 0 Å². The molecule has 0 bridgehead atoms. The monoisotopic (exact) mass is 644 g/mol. The minimum Gasteiger partial charge on any atom is -0.493 e. The summed E-state index contributed by atoms with van der Waals surface area (Å²) >= 11 is 0. The molecular formula is C39H50O4P2. The van der Waals surface area contributed by atoms with Gasteiger partial charge in [0.05, 0.1) is 26.4 Å². The van der Waals surface area contributed by atoms with E-state index in [9.17, 15) is 0 Å². The summed E-state index contributed by atoms with van der Waals surface area (Å²) in [5, 5.41) is 5.15. The fourth-order valence-corrected chi connectivity index (χ4v) is 10.6. The van der Waals surface area contributed by atoms with E-state index in [1.807, 2.05) is 0 Å². The molecule has 0 spiro atoms. The molecule has 0 amide bonds. The fraction of sp³-hybridized carbons (Fsp3) is 0.385. The first-order valence-corrected chi connectivity index (χ1v) is 19.7. The van der Waals surface area contributed by atoms with Crippen molar-refractivity contribution in [1.82, 2.24) is 0 Å². The van der Waals surface area contributed by atoms with Crippen molar-refractivity contribution in [1.29, 1.82) is 0 Å². The highest BCUT2D eigenvalue weighted by Gasteiger charge is 2.25. The fourth-order valence-electron chi connectivity index (χ4n) is 5.19. The minimum atomic E-state index is -0.730. The van der Waals surface area contributed by atoms with Gasteiger partial charge in [-0.05, 0) is 84.5 Å². The van der Waals surface area contributed by atoms with Crippen molar-refractivity contribution in [3.63, 3.8) is 0 Å². The first-order chi connectivity index (χ1) is 22.2. The molecule has 0 atom stereocenters. The number of rotatable bonds is 20. The normalized spacial score (nSPS) is 11.2. The van der Waals surface area contributed by atoms with Crippen LogP contribution >= 0.6 is 15.8 Å². The van der Waals surface area contributed by atoms with E-state index in [1.54, 1.807) is 0 Å². The summed E-state index contributed by atoms with van der Waals surface area (Å²) in [5.74, 6) is 3.98. The van der Waals surface area contributed by atoms with Gasteiger partial charge in [-0.2, -0.15) is 0 Å². The average Bonchev–Trinajstić information content (AvgIpc) is 3.09. The van der Waals surface area contributed by atoms with Gasteiger partial charge in [-0.25, -0.2) is 0 Å². The van der Waals surface area contributed by atoms with E-state index >= 15 is 0 Å². The topological polar surface area (TPSA) is 36.9 Å². The van der Waals surface area contributed by atoms with Crippen molar-refractivity contribution in [3.8, 4) is 23.0 Å². The standard InChI is InChI=1S/C39H50O4P2/c1-5-26-40-32-18-9-13-22-36(32)44(37-23-14-10-19-33(37)41-27-6-2)30-17-31-45(38-24-15-11-20-34(38)42-28-7-3)39-25-16-12-21-35(39)43-29-8-4/h9-16,18-25H,5-8,17,26-31H2,1-4H3. The molecule has 0 fully saturated rings. The van der Waals surface area contributed by atoms with Crippen LogP contribution in [0.1, 0.15) is 59.8 Å². The van der Waals surface area contributed by atoms with Crippen LogP contribution in [0, 0.1) is 0 Å². The van der Waals surface area contributed by atoms with Gasteiger partial charge in [0.1, 0.15) is 23.0 Å². The third-order valence-corrected chi connectivity index (χ3v) is 12.6. The zero-order valence-corrected chi connectivity index (χ0v) is 29.3. The van der Waals surface area contributed by atoms with E-state index < -0.39 is 15.8 Å². The Kier molecular flexibility index (Phi) is 15.0. The Labute approximate surface area is 274 Å². The van der Waals surface area contributed by atoms with E-state index in [4.69, 9.17) is 18.9 Å². The van der Waals surface area contributed by atoms with Crippen LogP contribution in [0.3, 0.4) is 0 Å². The van der Waals surface area contributed by atoms with Crippen molar-refractivity contribution < 1.29 is 18.9 Å². The zero-order valence-electron chi connectivity index (χ0n) is 27.5. The molecule has 0 saturated carbocycles. The molecular weight excluding hydrogens is 594 g/mol. The van der Waals surface area contributed by atoms with Crippen molar-refractivity contribution in [2.45, 2.75) is 59.8 Å². The second kappa shape index (κ2) is 19.5. The van der Waals surface area contributed by atoms with Gasteiger partial charge in [0.15, 0.2) is 0 Å². The van der Waals surface area contributed by atoms with Crippen LogP contribution in [0.5, 0.6) is 23.0 Å². The first kappa shape index (κ1) is 34.8. The van der Waals surface area contributed by atoms with Crippen LogP contribution in [0.2, 0.25) is 0 Å². The highest BCUT2D eigenvalue weighted by atomic mass is 31.1. The van der Waals surface area contributed by atoms with Crippen LogP contribution in [-0.2, 0) is 0 Å². The lowest BCUT2D eigenvalue weighted by Gasteiger charge is -2.26. The number of hydrogen-bond acceptors (Lipinski definition) is 4. The molecule has 4 aromatic carbocycles. The lowest BCUT2D eigenvalue weighted by molar-refractivity contribution is 0.319. The Hall–Kier alpha value is -3.06. The van der Waals surface area contributed by atoms with Crippen molar-refractivity contribution in [3.05, 3.63) is 97.1 Å². The quantitative estimate of drug-likeness (QED) is 0.0902. The third-order valence-electron chi connectivity index (χ3n) is 7.23. The van der Waals surface area contributed by atoms with Crippen molar-refractivity contribution in [2.75, 3.05) is 38.8 Å². The van der Waals surface area contributed by atoms with Gasteiger partial charge in [0.2, 0.25) is 0 Å². The Morgan fingerprint density at radius 2 is 0.622 bits per heavy atom. The second-order valence-electron chi connectivity index (χ2n) is 10.9. The van der Waals surface area contributed by atoms with E-state index in [0.29, 0.717) is 26.4 Å². The molecule has 4 nitrogen and oxygen atoms in total. The highest BCUT2D eigenvalue weighted by molar-refractivity contribution is 7.74. The van der Waals surface area contributed by atoms with Crippen LogP contribution in [0.4, 0.5) is 0 Å². The molecule has 0 heterocycles. The maximum atomic E-state index is 6.33. The van der Waals surface area contributed by atoms with E-state index in [0.717, 1.165) is 67.4 Å². The maximum absolute atomic E-state index is 6.33. The average molecular weight is 645 g/mol. The molecule has 6 heteroatoms. The van der Waals surface area contributed by atoms with Crippen LogP contribution in [0.25, 0.3) is 0 Å². The molecule has 0 radical (unpaired) electrons. The minimum absolute atomic E-state index is 0.711. The third kappa shape index (κ3) is 9.96. The van der Waals surface area contributed by atoms with Crippen LogP contribution in [-0.4, -0.2) is 38.8 Å². The van der Waals surface area contributed by atoms with Gasteiger partial charge in [0.25, 0.3) is 0 Å². The number of hydrogen-bond donors (Lipinski definition) is 0. The first-order valence-electron chi connectivity index (χ1n) is 16.6. The number of benzene rings is 4. The van der Waals surface area contributed by atoms with Gasteiger partial charge in [-0.15, -0.1) is 0 Å². The molecule has 0 aliphatic carbocycles. The molecule has 240 valence electrons. The summed E-state index contributed by atoms with van der Waals surface area (Å²) in [6.07, 6.45) is 7.02. The smallest absolute Gasteiger partial charge is 0.127 e. The largest absolute Gasteiger partial charge is 0.493 e. The van der Waals surface area contributed by atoms with Crippen LogP contribution in [0.15, 0.2) is 97.1 Å². The summed E-state index contributed by atoms with van der Waals surface area (Å²) in [4.78, 5) is 0. The maximum Gasteiger partial charge on any atom is 0.127 e. The summed E-state index contributed by atoms with van der Waals surface area (Å²) in [6.45, 7) is 11.5. The molecule has 0 aromatic heterocycles. The number of para-hydroxylation sites is 4. The zero-order chi connectivity index (χ0) is 31.7.